The Kier molecular flexibility index (Phi) is 5.08. The minimum Gasteiger partial charge on any atom is -0.378 e. The van der Waals surface area contributed by atoms with Crippen LogP contribution in [0.15, 0.2) is 48.7 Å². The number of ether oxygens (including phenoxy) is 1. The molecule has 2 aromatic heterocycles. The minimum atomic E-state index is -0.328. The summed E-state index contributed by atoms with van der Waals surface area (Å²) in [5.74, 6) is -0.283. The fourth-order valence-electron chi connectivity index (χ4n) is 3.40. The Morgan fingerprint density at radius 2 is 1.86 bits per heavy atom. The van der Waals surface area contributed by atoms with Crippen LogP contribution in [0, 0.1) is 0 Å². The lowest BCUT2D eigenvalue weighted by Gasteiger charge is -2.26. The van der Waals surface area contributed by atoms with Gasteiger partial charge in [-0.2, -0.15) is 0 Å². The number of pyridine rings is 1. The van der Waals surface area contributed by atoms with Gasteiger partial charge in [0.2, 0.25) is 5.82 Å². The third-order valence-corrected chi connectivity index (χ3v) is 4.90. The number of aryl methyl sites for hydroxylation is 1. The van der Waals surface area contributed by atoms with Crippen molar-refractivity contribution in [2.75, 3.05) is 31.6 Å². The highest BCUT2D eigenvalue weighted by atomic mass is 16.5. The lowest BCUT2D eigenvalue weighted by atomic mass is 10.1. The summed E-state index contributed by atoms with van der Waals surface area (Å²) in [6, 6.07) is 13.1. The molecular weight excluding hydrogens is 356 g/mol. The van der Waals surface area contributed by atoms with Crippen LogP contribution in [-0.2, 0) is 11.2 Å². The van der Waals surface area contributed by atoms with E-state index in [0.29, 0.717) is 31.8 Å². The van der Waals surface area contributed by atoms with Crippen LogP contribution in [0.2, 0.25) is 0 Å². The van der Waals surface area contributed by atoms with Crippen molar-refractivity contribution >= 4 is 23.0 Å². The van der Waals surface area contributed by atoms with E-state index < -0.39 is 0 Å². The Balaban J connectivity index is 1.69. The van der Waals surface area contributed by atoms with Gasteiger partial charge in [0.25, 0.3) is 11.8 Å². The summed E-state index contributed by atoms with van der Waals surface area (Å²) < 4.78 is 7.00. The number of morpholine rings is 1. The van der Waals surface area contributed by atoms with Crippen LogP contribution in [0.25, 0.3) is 5.52 Å². The zero-order chi connectivity index (χ0) is 19.5. The number of hydrogen-bond donors (Lipinski definition) is 1. The molecule has 28 heavy (non-hydrogen) atoms. The molecule has 3 aromatic rings. The first-order valence-electron chi connectivity index (χ1n) is 9.42. The average Bonchev–Trinajstić information content (AvgIpc) is 3.14. The van der Waals surface area contributed by atoms with Crippen molar-refractivity contribution in [3.05, 3.63) is 65.7 Å². The summed E-state index contributed by atoms with van der Waals surface area (Å²) in [5.41, 5.74) is 2.64. The van der Waals surface area contributed by atoms with Gasteiger partial charge in [0.1, 0.15) is 0 Å². The Labute approximate surface area is 162 Å². The van der Waals surface area contributed by atoms with E-state index in [1.807, 2.05) is 43.3 Å². The quantitative estimate of drug-likeness (QED) is 0.757. The second-order valence-corrected chi connectivity index (χ2v) is 6.61. The van der Waals surface area contributed by atoms with Gasteiger partial charge in [0, 0.05) is 25.0 Å². The highest BCUT2D eigenvalue weighted by Gasteiger charge is 2.26. The number of carbonyl (C=O) groups excluding carboxylic acids is 2. The molecule has 7 heteroatoms. The van der Waals surface area contributed by atoms with E-state index in [0.717, 1.165) is 17.7 Å². The molecule has 7 nitrogen and oxygen atoms in total. The molecule has 1 saturated heterocycles. The Morgan fingerprint density at radius 1 is 1.11 bits per heavy atom. The SMILES string of the molecule is CCc1ccccc1NC(=O)c1nc(C(=O)N2CCOCC2)n2ccccc12. The predicted octanol–water partition coefficient (Wildman–Crippen LogP) is 2.62. The molecule has 1 aromatic carbocycles. The van der Waals surface area contributed by atoms with E-state index >= 15 is 0 Å². The molecule has 3 heterocycles. The molecule has 0 radical (unpaired) electrons. The Bertz CT molecular complexity index is 1020. The monoisotopic (exact) mass is 378 g/mol. The summed E-state index contributed by atoms with van der Waals surface area (Å²) in [5, 5.41) is 2.94. The van der Waals surface area contributed by atoms with Gasteiger partial charge in [-0.15, -0.1) is 0 Å². The van der Waals surface area contributed by atoms with Crippen LogP contribution in [0.1, 0.15) is 33.6 Å². The fourth-order valence-corrected chi connectivity index (χ4v) is 3.40. The van der Waals surface area contributed by atoms with Crippen molar-refractivity contribution < 1.29 is 14.3 Å². The minimum absolute atomic E-state index is 0.197. The Hall–Kier alpha value is -3.19. The fraction of sp³-hybridized carbons (Fsp3) is 0.286. The molecular formula is C21H22N4O3. The highest BCUT2D eigenvalue weighted by Crippen LogP contribution is 2.20. The lowest BCUT2D eigenvalue weighted by molar-refractivity contribution is 0.0294. The molecule has 0 unspecified atom stereocenters. The van der Waals surface area contributed by atoms with Crippen molar-refractivity contribution in [1.82, 2.24) is 14.3 Å². The van der Waals surface area contributed by atoms with Crippen LogP contribution in [0.3, 0.4) is 0 Å². The van der Waals surface area contributed by atoms with Crippen molar-refractivity contribution in [3.63, 3.8) is 0 Å². The number of para-hydroxylation sites is 1. The standard InChI is InChI=1S/C21H22N4O3/c1-2-15-7-3-4-8-16(15)22-20(26)18-17-9-5-6-10-25(17)19(23-18)21(27)24-11-13-28-14-12-24/h3-10H,2,11-14H2,1H3,(H,22,26). The molecule has 2 amide bonds. The molecule has 0 aliphatic carbocycles. The molecule has 1 fully saturated rings. The van der Waals surface area contributed by atoms with Gasteiger partial charge >= 0.3 is 0 Å². The van der Waals surface area contributed by atoms with Crippen LogP contribution in [-0.4, -0.2) is 52.4 Å². The number of rotatable bonds is 4. The number of nitrogens with zero attached hydrogens (tertiary/aromatic N) is 3. The number of nitrogens with one attached hydrogen (secondary N) is 1. The van der Waals surface area contributed by atoms with Gasteiger partial charge in [0.15, 0.2) is 5.69 Å². The number of imidazole rings is 1. The van der Waals surface area contributed by atoms with Crippen molar-refractivity contribution in [3.8, 4) is 0 Å². The second-order valence-electron chi connectivity index (χ2n) is 6.61. The molecule has 0 spiro atoms. The highest BCUT2D eigenvalue weighted by molar-refractivity contribution is 6.09. The first-order valence-corrected chi connectivity index (χ1v) is 9.42. The summed E-state index contributed by atoms with van der Waals surface area (Å²) >= 11 is 0. The van der Waals surface area contributed by atoms with Gasteiger partial charge in [-0.3, -0.25) is 14.0 Å². The number of carbonyl (C=O) groups is 2. The van der Waals surface area contributed by atoms with Gasteiger partial charge < -0.3 is 15.0 Å². The third-order valence-electron chi connectivity index (χ3n) is 4.90. The number of anilines is 1. The van der Waals surface area contributed by atoms with E-state index in [4.69, 9.17) is 4.74 Å². The molecule has 0 atom stereocenters. The lowest BCUT2D eigenvalue weighted by Crippen LogP contribution is -2.41. The first kappa shape index (κ1) is 18.2. The number of amides is 2. The number of fused-ring (bicyclic) bond motifs is 1. The summed E-state index contributed by atoms with van der Waals surface area (Å²) in [7, 11) is 0. The van der Waals surface area contributed by atoms with Gasteiger partial charge in [0.05, 0.1) is 18.7 Å². The van der Waals surface area contributed by atoms with Crippen LogP contribution in [0.4, 0.5) is 5.69 Å². The largest absolute Gasteiger partial charge is 0.378 e. The normalized spacial score (nSPS) is 14.2. The third kappa shape index (κ3) is 3.36. The molecule has 0 saturated carbocycles. The number of aromatic nitrogens is 2. The van der Waals surface area contributed by atoms with Gasteiger partial charge in [-0.25, -0.2) is 4.98 Å². The molecule has 1 aliphatic rings. The maximum absolute atomic E-state index is 13.0. The van der Waals surface area contributed by atoms with E-state index in [1.54, 1.807) is 21.6 Å². The van der Waals surface area contributed by atoms with Crippen molar-refractivity contribution in [2.45, 2.75) is 13.3 Å². The maximum atomic E-state index is 13.0. The van der Waals surface area contributed by atoms with E-state index in [-0.39, 0.29) is 23.3 Å². The van der Waals surface area contributed by atoms with E-state index in [1.165, 1.54) is 0 Å². The van der Waals surface area contributed by atoms with Gasteiger partial charge in [-0.05, 0) is 30.2 Å². The van der Waals surface area contributed by atoms with Crippen LogP contribution in [0.5, 0.6) is 0 Å². The summed E-state index contributed by atoms with van der Waals surface area (Å²) in [6.07, 6.45) is 2.56. The predicted molar refractivity (Wildman–Crippen MR) is 106 cm³/mol. The van der Waals surface area contributed by atoms with Gasteiger partial charge in [-0.1, -0.05) is 31.2 Å². The van der Waals surface area contributed by atoms with E-state index in [9.17, 15) is 9.59 Å². The summed E-state index contributed by atoms with van der Waals surface area (Å²) in [4.78, 5) is 32.1. The molecule has 1 aliphatic heterocycles. The Morgan fingerprint density at radius 3 is 2.64 bits per heavy atom. The average molecular weight is 378 g/mol. The van der Waals surface area contributed by atoms with E-state index in [2.05, 4.69) is 10.3 Å². The molecule has 4 rings (SSSR count). The smallest absolute Gasteiger partial charge is 0.290 e. The van der Waals surface area contributed by atoms with Crippen LogP contribution >= 0.6 is 0 Å². The maximum Gasteiger partial charge on any atom is 0.290 e. The van der Waals surface area contributed by atoms with Crippen molar-refractivity contribution in [1.29, 1.82) is 0 Å². The molecule has 1 N–H and O–H groups in total. The van der Waals surface area contributed by atoms with Crippen molar-refractivity contribution in [2.24, 2.45) is 0 Å². The molecule has 0 bridgehead atoms. The summed E-state index contributed by atoms with van der Waals surface area (Å²) in [6.45, 7) is 4.10. The number of benzene rings is 1. The zero-order valence-electron chi connectivity index (χ0n) is 15.7. The second kappa shape index (κ2) is 7.82. The molecule has 144 valence electrons. The topological polar surface area (TPSA) is 75.9 Å². The zero-order valence-corrected chi connectivity index (χ0v) is 15.7. The number of hydrogen-bond acceptors (Lipinski definition) is 4. The van der Waals surface area contributed by atoms with Crippen LogP contribution < -0.4 is 5.32 Å². The first-order chi connectivity index (χ1) is 13.7.